The van der Waals surface area contributed by atoms with Crippen LogP contribution in [-0.2, 0) is 22.0 Å². The molecule has 1 amide bonds. The molecule has 2 aromatic heterocycles. The largest absolute Gasteiger partial charge is 0.465 e. The molecule has 35 heavy (non-hydrogen) atoms. The third-order valence-corrected chi connectivity index (χ3v) is 8.04. The Morgan fingerprint density at radius 2 is 1.80 bits per heavy atom. The van der Waals surface area contributed by atoms with Gasteiger partial charge in [0.15, 0.2) is 5.76 Å². The van der Waals surface area contributed by atoms with Crippen LogP contribution in [-0.4, -0.2) is 19.0 Å². The number of thiophene rings is 1. The van der Waals surface area contributed by atoms with Crippen LogP contribution < -0.4 is 5.32 Å². The molecule has 0 fully saturated rings. The predicted octanol–water partition coefficient (Wildman–Crippen LogP) is 6.50. The number of carbonyl (C=O) groups is 2. The quantitative estimate of drug-likeness (QED) is 0.412. The molecule has 0 atom stereocenters. The second-order valence-electron chi connectivity index (χ2n) is 10.4. The molecule has 4 rings (SSSR count). The number of nitrogens with zero attached hydrogens (tertiary/aromatic N) is 1. The van der Waals surface area contributed by atoms with Crippen LogP contribution in [0, 0.1) is 18.3 Å². The fraction of sp³-hybridized carbons (Fsp3) is 0.393. The Kier molecular flexibility index (Phi) is 6.37. The lowest BCUT2D eigenvalue weighted by atomic mass is 9.62. The van der Waals surface area contributed by atoms with Crippen molar-refractivity contribution in [2.24, 2.45) is 0 Å². The molecule has 6 nitrogen and oxygen atoms in total. The van der Waals surface area contributed by atoms with Crippen LogP contribution in [0.2, 0.25) is 0 Å². The van der Waals surface area contributed by atoms with Crippen LogP contribution in [0.25, 0.3) is 0 Å². The second-order valence-corrected chi connectivity index (χ2v) is 11.3. The minimum Gasteiger partial charge on any atom is -0.465 e. The molecule has 0 saturated carbocycles. The summed E-state index contributed by atoms with van der Waals surface area (Å²) in [5.41, 5.74) is 5.78. The van der Waals surface area contributed by atoms with E-state index in [2.05, 4.69) is 52.1 Å². The summed E-state index contributed by atoms with van der Waals surface area (Å²) in [5.74, 6) is -0.352. The third-order valence-electron chi connectivity index (χ3n) is 7.08. The Balaban J connectivity index is 1.58. The van der Waals surface area contributed by atoms with Crippen molar-refractivity contribution in [3.05, 3.63) is 73.9 Å². The zero-order chi connectivity index (χ0) is 25.5. The van der Waals surface area contributed by atoms with E-state index >= 15 is 0 Å². The van der Waals surface area contributed by atoms with E-state index in [1.807, 2.05) is 6.07 Å². The number of hydrogen-bond acceptors (Lipinski definition) is 6. The Hall–Kier alpha value is -3.37. The van der Waals surface area contributed by atoms with Gasteiger partial charge in [0.1, 0.15) is 16.7 Å². The summed E-state index contributed by atoms with van der Waals surface area (Å²) in [4.78, 5) is 25.0. The lowest BCUT2D eigenvalue weighted by Gasteiger charge is -2.42. The van der Waals surface area contributed by atoms with Crippen molar-refractivity contribution in [1.82, 2.24) is 0 Å². The molecule has 0 spiro atoms. The van der Waals surface area contributed by atoms with Crippen molar-refractivity contribution in [1.29, 1.82) is 5.26 Å². The van der Waals surface area contributed by atoms with Gasteiger partial charge in [0.2, 0.25) is 0 Å². The van der Waals surface area contributed by atoms with Gasteiger partial charge in [-0.05, 0) is 65.0 Å². The zero-order valence-electron chi connectivity index (χ0n) is 21.0. The standard InChI is InChI=1S/C28H30N2O4S/c1-16-11-20-21(28(4,5)10-9-27(20,2)3)13-17(16)12-19-7-8-22(34-19)25(31)30-23-18(14-29)15-35-24(23)26(32)33-6/h7-8,11,13,15H,9-10,12H2,1-6H3,(H,30,31). The maximum atomic E-state index is 12.9. The van der Waals surface area contributed by atoms with E-state index in [0.29, 0.717) is 12.2 Å². The van der Waals surface area contributed by atoms with E-state index in [-0.39, 0.29) is 32.7 Å². The van der Waals surface area contributed by atoms with Gasteiger partial charge in [0.05, 0.1) is 18.4 Å². The molecule has 0 unspecified atom stereocenters. The van der Waals surface area contributed by atoms with E-state index in [4.69, 9.17) is 9.15 Å². The maximum absolute atomic E-state index is 12.9. The molecule has 182 valence electrons. The second kappa shape index (κ2) is 9.01. The fourth-order valence-electron chi connectivity index (χ4n) is 4.72. The van der Waals surface area contributed by atoms with E-state index in [1.54, 1.807) is 12.1 Å². The predicted molar refractivity (Wildman–Crippen MR) is 136 cm³/mol. The monoisotopic (exact) mass is 490 g/mol. The summed E-state index contributed by atoms with van der Waals surface area (Å²) in [7, 11) is 1.25. The van der Waals surface area contributed by atoms with Crippen LogP contribution >= 0.6 is 11.3 Å². The van der Waals surface area contributed by atoms with Crippen molar-refractivity contribution in [2.75, 3.05) is 12.4 Å². The van der Waals surface area contributed by atoms with E-state index in [0.717, 1.165) is 24.2 Å². The molecule has 1 aliphatic rings. The molecule has 1 aliphatic carbocycles. The SMILES string of the molecule is COC(=O)c1scc(C#N)c1NC(=O)c1ccc(Cc2cc3c(cc2C)C(C)(C)CCC3(C)C)o1. The third kappa shape index (κ3) is 4.63. The number of anilines is 1. The van der Waals surface area contributed by atoms with Crippen molar-refractivity contribution >= 4 is 28.9 Å². The summed E-state index contributed by atoms with van der Waals surface area (Å²) in [5, 5.41) is 13.5. The number of rotatable bonds is 5. The summed E-state index contributed by atoms with van der Waals surface area (Å²) in [6.07, 6.45) is 2.87. The summed E-state index contributed by atoms with van der Waals surface area (Å²) < 4.78 is 10.6. The highest BCUT2D eigenvalue weighted by Crippen LogP contribution is 2.46. The van der Waals surface area contributed by atoms with Gasteiger partial charge in [0, 0.05) is 11.8 Å². The Bertz CT molecular complexity index is 1350. The number of carbonyl (C=O) groups excluding carboxylic acids is 2. The molecule has 0 saturated heterocycles. The number of hydrogen-bond donors (Lipinski definition) is 1. The van der Waals surface area contributed by atoms with Gasteiger partial charge >= 0.3 is 5.97 Å². The average Bonchev–Trinajstić information content (AvgIpc) is 3.44. The minimum atomic E-state index is -0.610. The van der Waals surface area contributed by atoms with Crippen LogP contribution in [0.5, 0.6) is 0 Å². The van der Waals surface area contributed by atoms with Crippen molar-refractivity contribution in [3.63, 3.8) is 0 Å². The van der Waals surface area contributed by atoms with Gasteiger partial charge in [-0.3, -0.25) is 4.79 Å². The van der Waals surface area contributed by atoms with Crippen LogP contribution in [0.3, 0.4) is 0 Å². The summed E-state index contributed by atoms with van der Waals surface area (Å²) in [6.45, 7) is 11.4. The van der Waals surface area contributed by atoms with Crippen molar-refractivity contribution < 1.29 is 18.7 Å². The number of fused-ring (bicyclic) bond motifs is 1. The van der Waals surface area contributed by atoms with Gasteiger partial charge < -0.3 is 14.5 Å². The first kappa shape index (κ1) is 24.7. The van der Waals surface area contributed by atoms with Gasteiger partial charge in [-0.1, -0.05) is 39.8 Å². The van der Waals surface area contributed by atoms with E-state index in [1.165, 1.54) is 34.7 Å². The molecule has 3 aromatic rings. The smallest absolute Gasteiger partial charge is 0.350 e. The lowest BCUT2D eigenvalue weighted by molar-refractivity contribution is 0.0607. The van der Waals surface area contributed by atoms with Gasteiger partial charge in [-0.25, -0.2) is 4.79 Å². The van der Waals surface area contributed by atoms with Crippen LogP contribution in [0.1, 0.15) is 94.3 Å². The molecular weight excluding hydrogens is 460 g/mol. The number of benzene rings is 1. The number of nitrogens with one attached hydrogen (secondary N) is 1. The number of aryl methyl sites for hydroxylation is 1. The molecule has 1 aromatic carbocycles. The molecule has 0 aliphatic heterocycles. The molecule has 7 heteroatoms. The van der Waals surface area contributed by atoms with Gasteiger partial charge in [-0.15, -0.1) is 11.3 Å². The van der Waals surface area contributed by atoms with Crippen LogP contribution in [0.15, 0.2) is 34.1 Å². The van der Waals surface area contributed by atoms with E-state index in [9.17, 15) is 14.9 Å². The lowest BCUT2D eigenvalue weighted by Crippen LogP contribution is -2.34. The van der Waals surface area contributed by atoms with Crippen molar-refractivity contribution in [3.8, 4) is 6.07 Å². The highest BCUT2D eigenvalue weighted by atomic mass is 32.1. The topological polar surface area (TPSA) is 92.3 Å². The Morgan fingerprint density at radius 1 is 1.14 bits per heavy atom. The average molecular weight is 491 g/mol. The van der Waals surface area contributed by atoms with Gasteiger partial charge in [0.25, 0.3) is 5.91 Å². The Labute approximate surface area is 209 Å². The number of ether oxygens (including phenoxy) is 1. The number of esters is 1. The Morgan fingerprint density at radius 3 is 2.43 bits per heavy atom. The first-order valence-corrected chi connectivity index (χ1v) is 12.5. The number of amides is 1. The molecular formula is C28H30N2O4S. The minimum absolute atomic E-state index is 0.109. The number of methoxy groups -OCH3 is 1. The summed E-state index contributed by atoms with van der Waals surface area (Å²) in [6, 6.07) is 10.0. The van der Waals surface area contributed by atoms with E-state index < -0.39 is 11.9 Å². The highest BCUT2D eigenvalue weighted by Gasteiger charge is 2.37. The maximum Gasteiger partial charge on any atom is 0.350 e. The first-order valence-electron chi connectivity index (χ1n) is 11.6. The van der Waals surface area contributed by atoms with Gasteiger partial charge in [-0.2, -0.15) is 5.26 Å². The fourth-order valence-corrected chi connectivity index (χ4v) is 5.59. The molecule has 2 heterocycles. The van der Waals surface area contributed by atoms with Crippen molar-refractivity contribution in [2.45, 2.75) is 64.7 Å². The number of nitriles is 1. The highest BCUT2D eigenvalue weighted by molar-refractivity contribution is 7.12. The number of furan rings is 1. The summed E-state index contributed by atoms with van der Waals surface area (Å²) >= 11 is 1.05. The zero-order valence-corrected chi connectivity index (χ0v) is 21.8. The molecule has 1 N–H and O–H groups in total. The molecule has 0 radical (unpaired) electrons. The first-order chi connectivity index (χ1) is 16.5. The normalized spacial score (nSPS) is 15.7. The van der Waals surface area contributed by atoms with Crippen LogP contribution in [0.4, 0.5) is 5.69 Å². The molecule has 0 bridgehead atoms.